The quantitative estimate of drug-likeness (QED) is 0.782. The monoisotopic (exact) mass is 294 g/mol. The minimum absolute atomic E-state index is 0.0994. The summed E-state index contributed by atoms with van der Waals surface area (Å²) in [6, 6.07) is 9.78. The lowest BCUT2D eigenvalue weighted by molar-refractivity contribution is 0.0691. The van der Waals surface area contributed by atoms with Crippen LogP contribution in [0.15, 0.2) is 47.5 Å². The Balaban J connectivity index is 2.20. The summed E-state index contributed by atoms with van der Waals surface area (Å²) in [4.78, 5) is 13.0. The van der Waals surface area contributed by atoms with Gasteiger partial charge in [0.1, 0.15) is 10.6 Å². The van der Waals surface area contributed by atoms with Gasteiger partial charge in [-0.05, 0) is 18.6 Å². The van der Waals surface area contributed by atoms with E-state index >= 15 is 0 Å². The number of aromatic carboxylic acids is 1. The fourth-order valence-electron chi connectivity index (χ4n) is 1.76. The zero-order valence-electron chi connectivity index (χ0n) is 10.7. The SMILES string of the molecule is CC(NS(=O)(=O)c1c[nH]c(C(=O)O)c1)c1ccccc1. The highest BCUT2D eigenvalue weighted by atomic mass is 32.2. The summed E-state index contributed by atoms with van der Waals surface area (Å²) >= 11 is 0. The van der Waals surface area contributed by atoms with Crippen molar-refractivity contribution in [1.29, 1.82) is 0 Å². The van der Waals surface area contributed by atoms with E-state index in [1.807, 2.05) is 30.3 Å². The van der Waals surface area contributed by atoms with Crippen LogP contribution in [0.1, 0.15) is 29.0 Å². The van der Waals surface area contributed by atoms with E-state index in [0.717, 1.165) is 17.8 Å². The molecular weight excluding hydrogens is 280 g/mol. The van der Waals surface area contributed by atoms with E-state index in [-0.39, 0.29) is 10.6 Å². The maximum Gasteiger partial charge on any atom is 0.352 e. The molecule has 1 heterocycles. The van der Waals surface area contributed by atoms with E-state index in [0.29, 0.717) is 0 Å². The summed E-state index contributed by atoms with van der Waals surface area (Å²) in [6.07, 6.45) is 1.16. The zero-order chi connectivity index (χ0) is 14.8. The van der Waals surface area contributed by atoms with Crippen LogP contribution < -0.4 is 4.72 Å². The molecule has 0 aliphatic heterocycles. The number of carboxylic acids is 1. The first-order chi connectivity index (χ1) is 9.40. The molecule has 106 valence electrons. The highest BCUT2D eigenvalue weighted by molar-refractivity contribution is 7.89. The Labute approximate surface area is 116 Å². The molecule has 0 saturated carbocycles. The minimum atomic E-state index is -3.76. The Morgan fingerprint density at radius 1 is 1.30 bits per heavy atom. The molecular formula is C13H14N2O4S. The molecule has 1 unspecified atom stereocenters. The van der Waals surface area contributed by atoms with E-state index in [4.69, 9.17) is 5.11 Å². The number of H-pyrrole nitrogens is 1. The summed E-state index contributed by atoms with van der Waals surface area (Å²) in [7, 11) is -3.76. The van der Waals surface area contributed by atoms with Crippen LogP contribution in [0.4, 0.5) is 0 Å². The molecule has 0 amide bonds. The van der Waals surface area contributed by atoms with Gasteiger partial charge in [-0.1, -0.05) is 30.3 Å². The van der Waals surface area contributed by atoms with E-state index in [9.17, 15) is 13.2 Å². The van der Waals surface area contributed by atoms with E-state index in [1.165, 1.54) is 0 Å². The first kappa shape index (κ1) is 14.3. The maximum atomic E-state index is 12.1. The van der Waals surface area contributed by atoms with Crippen molar-refractivity contribution in [2.45, 2.75) is 17.9 Å². The van der Waals surface area contributed by atoms with Gasteiger partial charge >= 0.3 is 5.97 Å². The van der Waals surface area contributed by atoms with Crippen molar-refractivity contribution in [2.75, 3.05) is 0 Å². The fraction of sp³-hybridized carbons (Fsp3) is 0.154. The third-order valence-corrected chi connectivity index (χ3v) is 4.35. The summed E-state index contributed by atoms with van der Waals surface area (Å²) in [6.45, 7) is 1.72. The number of rotatable bonds is 5. The van der Waals surface area contributed by atoms with E-state index in [2.05, 4.69) is 9.71 Å². The molecule has 0 aliphatic carbocycles. The zero-order valence-corrected chi connectivity index (χ0v) is 11.5. The molecule has 20 heavy (non-hydrogen) atoms. The summed E-state index contributed by atoms with van der Waals surface area (Å²) < 4.78 is 26.8. The summed E-state index contributed by atoms with van der Waals surface area (Å²) in [5.74, 6) is -1.21. The molecule has 2 rings (SSSR count). The molecule has 0 bridgehead atoms. The molecule has 1 aromatic heterocycles. The third-order valence-electron chi connectivity index (χ3n) is 2.83. The first-order valence-electron chi connectivity index (χ1n) is 5.89. The normalized spacial score (nSPS) is 13.1. The van der Waals surface area contributed by atoms with E-state index < -0.39 is 22.0 Å². The Morgan fingerprint density at radius 3 is 2.50 bits per heavy atom. The molecule has 0 fully saturated rings. The number of carboxylic acid groups (broad SMARTS) is 1. The van der Waals surface area contributed by atoms with E-state index in [1.54, 1.807) is 6.92 Å². The predicted octanol–water partition coefficient (Wildman–Crippen LogP) is 1.75. The van der Waals surface area contributed by atoms with Crippen LogP contribution in [0.5, 0.6) is 0 Å². The molecule has 2 aromatic rings. The van der Waals surface area contributed by atoms with Crippen molar-refractivity contribution < 1.29 is 18.3 Å². The standard InChI is InChI=1S/C13H14N2O4S/c1-9(10-5-3-2-4-6-10)15-20(18,19)11-7-12(13(16)17)14-8-11/h2-9,14-15H,1H3,(H,16,17). The van der Waals surface area contributed by atoms with Gasteiger partial charge in [0, 0.05) is 12.2 Å². The highest BCUT2D eigenvalue weighted by Gasteiger charge is 2.21. The molecule has 0 spiro atoms. The summed E-state index contributed by atoms with van der Waals surface area (Å²) in [5.41, 5.74) is 0.655. The Bertz CT molecular complexity index is 707. The van der Waals surface area contributed by atoms with Gasteiger partial charge in [-0.25, -0.2) is 17.9 Å². The van der Waals surface area contributed by atoms with Gasteiger partial charge in [0.05, 0.1) is 0 Å². The number of nitrogens with one attached hydrogen (secondary N) is 2. The van der Waals surface area contributed by atoms with Crippen LogP contribution in [0.3, 0.4) is 0 Å². The lowest BCUT2D eigenvalue weighted by Crippen LogP contribution is -2.26. The lowest BCUT2D eigenvalue weighted by Gasteiger charge is -2.13. The van der Waals surface area contributed by atoms with Gasteiger partial charge in [-0.3, -0.25) is 0 Å². The molecule has 1 atom stereocenters. The van der Waals surface area contributed by atoms with Gasteiger partial charge in [0.2, 0.25) is 10.0 Å². The summed E-state index contributed by atoms with van der Waals surface area (Å²) in [5, 5.41) is 8.78. The number of hydrogen-bond donors (Lipinski definition) is 3. The Kier molecular flexibility index (Phi) is 3.91. The van der Waals surface area contributed by atoms with Crippen LogP contribution in [-0.4, -0.2) is 24.5 Å². The van der Waals surface area contributed by atoms with Gasteiger partial charge < -0.3 is 10.1 Å². The fourth-order valence-corrected chi connectivity index (χ4v) is 2.99. The molecule has 0 aliphatic rings. The number of benzene rings is 1. The first-order valence-corrected chi connectivity index (χ1v) is 7.37. The molecule has 0 radical (unpaired) electrons. The van der Waals surface area contributed by atoms with Crippen LogP contribution in [0, 0.1) is 0 Å². The highest BCUT2D eigenvalue weighted by Crippen LogP contribution is 2.17. The second-order valence-electron chi connectivity index (χ2n) is 4.31. The lowest BCUT2D eigenvalue weighted by atomic mass is 10.1. The number of carbonyl (C=O) groups is 1. The number of aromatic nitrogens is 1. The molecule has 3 N–H and O–H groups in total. The van der Waals surface area contributed by atoms with Crippen molar-refractivity contribution in [3.05, 3.63) is 53.9 Å². The Morgan fingerprint density at radius 2 is 1.95 bits per heavy atom. The predicted molar refractivity (Wildman–Crippen MR) is 72.9 cm³/mol. The number of hydrogen-bond acceptors (Lipinski definition) is 3. The van der Waals surface area contributed by atoms with Crippen molar-refractivity contribution >= 4 is 16.0 Å². The number of sulfonamides is 1. The molecule has 0 saturated heterocycles. The smallest absolute Gasteiger partial charge is 0.352 e. The van der Waals surface area contributed by atoms with Gasteiger partial charge in [0.25, 0.3) is 0 Å². The average Bonchev–Trinajstić information content (AvgIpc) is 2.90. The van der Waals surface area contributed by atoms with Crippen molar-refractivity contribution in [2.24, 2.45) is 0 Å². The minimum Gasteiger partial charge on any atom is -0.477 e. The second-order valence-corrected chi connectivity index (χ2v) is 6.02. The topological polar surface area (TPSA) is 99.3 Å². The van der Waals surface area contributed by atoms with Crippen LogP contribution in [-0.2, 0) is 10.0 Å². The maximum absolute atomic E-state index is 12.1. The van der Waals surface area contributed by atoms with Crippen molar-refractivity contribution in [1.82, 2.24) is 9.71 Å². The number of aromatic amines is 1. The molecule has 6 nitrogen and oxygen atoms in total. The Hall–Kier alpha value is -2.12. The van der Waals surface area contributed by atoms with Crippen LogP contribution in [0.25, 0.3) is 0 Å². The molecule has 1 aromatic carbocycles. The molecule has 7 heteroatoms. The van der Waals surface area contributed by atoms with Gasteiger partial charge in [-0.15, -0.1) is 0 Å². The van der Waals surface area contributed by atoms with Gasteiger partial charge in [-0.2, -0.15) is 0 Å². The second kappa shape index (κ2) is 5.48. The largest absolute Gasteiger partial charge is 0.477 e. The van der Waals surface area contributed by atoms with Crippen molar-refractivity contribution in [3.63, 3.8) is 0 Å². The van der Waals surface area contributed by atoms with Crippen LogP contribution >= 0.6 is 0 Å². The van der Waals surface area contributed by atoms with Gasteiger partial charge in [0.15, 0.2) is 0 Å². The van der Waals surface area contributed by atoms with Crippen LogP contribution in [0.2, 0.25) is 0 Å². The van der Waals surface area contributed by atoms with Crippen molar-refractivity contribution in [3.8, 4) is 0 Å². The third kappa shape index (κ3) is 3.06. The average molecular weight is 294 g/mol.